The van der Waals surface area contributed by atoms with Crippen molar-refractivity contribution in [3.63, 3.8) is 0 Å². The number of nitrogens with zero attached hydrogens (tertiary/aromatic N) is 1. The molecule has 1 aliphatic rings. The standard InChI is InChI=1S/C27H30N2O/c1-4-5-8-20-11-17-23(18-12-20)29-26(22-15-13-21(14-16-22)19(2)3)28-25-10-7-6-9-24(25)27(29)30/h6-7,9-19,26,28H,4-5,8H2,1-3H3. The van der Waals surface area contributed by atoms with E-state index in [0.29, 0.717) is 11.5 Å². The smallest absolute Gasteiger partial charge is 0.262 e. The summed E-state index contributed by atoms with van der Waals surface area (Å²) >= 11 is 0. The molecule has 3 aromatic rings. The predicted octanol–water partition coefficient (Wildman–Crippen LogP) is 6.92. The Kier molecular flexibility index (Phi) is 5.89. The van der Waals surface area contributed by atoms with Gasteiger partial charge in [-0.15, -0.1) is 0 Å². The molecule has 0 aliphatic carbocycles. The highest BCUT2D eigenvalue weighted by Gasteiger charge is 2.33. The molecule has 154 valence electrons. The van der Waals surface area contributed by atoms with Crippen LogP contribution in [-0.2, 0) is 6.42 Å². The molecule has 0 saturated heterocycles. The first-order valence-corrected chi connectivity index (χ1v) is 11.0. The largest absolute Gasteiger partial charge is 0.360 e. The number of hydrogen-bond acceptors (Lipinski definition) is 2. The number of carbonyl (C=O) groups excluding carboxylic acids is 1. The van der Waals surface area contributed by atoms with E-state index in [4.69, 9.17) is 0 Å². The number of unbranched alkanes of at least 4 members (excludes halogenated alkanes) is 1. The van der Waals surface area contributed by atoms with Crippen molar-refractivity contribution >= 4 is 17.3 Å². The van der Waals surface area contributed by atoms with E-state index in [-0.39, 0.29) is 12.1 Å². The molecule has 30 heavy (non-hydrogen) atoms. The van der Waals surface area contributed by atoms with Crippen molar-refractivity contribution in [3.05, 3.63) is 95.1 Å². The zero-order valence-corrected chi connectivity index (χ0v) is 18.1. The van der Waals surface area contributed by atoms with Crippen LogP contribution in [0.25, 0.3) is 0 Å². The maximum atomic E-state index is 13.5. The Morgan fingerprint density at radius 2 is 1.63 bits per heavy atom. The maximum absolute atomic E-state index is 13.5. The summed E-state index contributed by atoms with van der Waals surface area (Å²) in [6.07, 6.45) is 3.20. The van der Waals surface area contributed by atoms with Crippen molar-refractivity contribution in [2.24, 2.45) is 0 Å². The minimum absolute atomic E-state index is 0.0311. The topological polar surface area (TPSA) is 32.3 Å². The van der Waals surface area contributed by atoms with Crippen molar-refractivity contribution in [3.8, 4) is 0 Å². The van der Waals surface area contributed by atoms with Crippen LogP contribution < -0.4 is 10.2 Å². The first kappa shape index (κ1) is 20.2. The Balaban J connectivity index is 1.73. The number of hydrogen-bond donors (Lipinski definition) is 1. The van der Waals surface area contributed by atoms with Gasteiger partial charge in [0.15, 0.2) is 0 Å². The van der Waals surface area contributed by atoms with Crippen LogP contribution in [0, 0.1) is 0 Å². The second-order valence-corrected chi connectivity index (χ2v) is 8.36. The summed E-state index contributed by atoms with van der Waals surface area (Å²) in [6.45, 7) is 6.60. The summed E-state index contributed by atoms with van der Waals surface area (Å²) in [7, 11) is 0. The zero-order chi connectivity index (χ0) is 21.1. The molecule has 4 rings (SSSR count). The lowest BCUT2D eigenvalue weighted by Gasteiger charge is -2.38. The lowest BCUT2D eigenvalue weighted by atomic mass is 9.98. The third-order valence-corrected chi connectivity index (χ3v) is 5.88. The Labute approximate surface area is 179 Å². The van der Waals surface area contributed by atoms with E-state index in [2.05, 4.69) is 74.6 Å². The number of rotatable bonds is 6. The first-order chi connectivity index (χ1) is 14.6. The van der Waals surface area contributed by atoms with Gasteiger partial charge in [-0.05, 0) is 59.7 Å². The van der Waals surface area contributed by atoms with Crippen LogP contribution in [-0.4, -0.2) is 5.91 Å². The van der Waals surface area contributed by atoms with Crippen LogP contribution in [0.3, 0.4) is 0 Å². The molecule has 1 N–H and O–H groups in total. The lowest BCUT2D eigenvalue weighted by Crippen LogP contribution is -2.43. The van der Waals surface area contributed by atoms with Crippen LogP contribution in [0.5, 0.6) is 0 Å². The van der Waals surface area contributed by atoms with Gasteiger partial charge in [-0.25, -0.2) is 0 Å². The molecule has 0 aromatic heterocycles. The van der Waals surface area contributed by atoms with Crippen molar-refractivity contribution < 1.29 is 4.79 Å². The third kappa shape index (κ3) is 3.97. The maximum Gasteiger partial charge on any atom is 0.262 e. The average Bonchev–Trinajstić information content (AvgIpc) is 2.78. The van der Waals surface area contributed by atoms with Crippen molar-refractivity contribution in [1.29, 1.82) is 0 Å². The van der Waals surface area contributed by atoms with E-state index in [9.17, 15) is 4.79 Å². The average molecular weight is 399 g/mol. The second-order valence-electron chi connectivity index (χ2n) is 8.36. The van der Waals surface area contributed by atoms with E-state index in [1.807, 2.05) is 29.2 Å². The van der Waals surface area contributed by atoms with Gasteiger partial charge < -0.3 is 5.32 Å². The van der Waals surface area contributed by atoms with E-state index >= 15 is 0 Å². The minimum atomic E-state index is -0.241. The summed E-state index contributed by atoms with van der Waals surface area (Å²) in [5.74, 6) is 0.510. The molecule has 3 nitrogen and oxygen atoms in total. The van der Waals surface area contributed by atoms with Gasteiger partial charge in [-0.3, -0.25) is 9.69 Å². The normalized spacial score (nSPS) is 15.8. The van der Waals surface area contributed by atoms with Crippen LogP contribution in [0.15, 0.2) is 72.8 Å². The molecular formula is C27H30N2O. The van der Waals surface area contributed by atoms with Crippen molar-refractivity contribution in [2.45, 2.75) is 52.1 Å². The van der Waals surface area contributed by atoms with Crippen LogP contribution in [0.2, 0.25) is 0 Å². The second kappa shape index (κ2) is 8.74. The van der Waals surface area contributed by atoms with Crippen molar-refractivity contribution in [1.82, 2.24) is 0 Å². The van der Waals surface area contributed by atoms with Gasteiger partial charge >= 0.3 is 0 Å². The lowest BCUT2D eigenvalue weighted by molar-refractivity contribution is 0.0975. The predicted molar refractivity (Wildman–Crippen MR) is 125 cm³/mol. The fourth-order valence-electron chi connectivity index (χ4n) is 4.02. The summed E-state index contributed by atoms with van der Waals surface area (Å²) < 4.78 is 0. The number of fused-ring (bicyclic) bond motifs is 1. The van der Waals surface area contributed by atoms with Gasteiger partial charge in [-0.1, -0.05) is 75.7 Å². The van der Waals surface area contributed by atoms with Gasteiger partial charge in [0.2, 0.25) is 0 Å². The monoisotopic (exact) mass is 398 g/mol. The molecule has 1 unspecified atom stereocenters. The first-order valence-electron chi connectivity index (χ1n) is 11.0. The Bertz CT molecular complexity index is 1010. The van der Waals surface area contributed by atoms with Gasteiger partial charge in [0, 0.05) is 11.4 Å². The highest BCUT2D eigenvalue weighted by atomic mass is 16.2. The van der Waals surface area contributed by atoms with E-state index in [1.165, 1.54) is 24.0 Å². The van der Waals surface area contributed by atoms with Crippen LogP contribution in [0.4, 0.5) is 11.4 Å². The zero-order valence-electron chi connectivity index (χ0n) is 18.1. The molecule has 0 saturated carbocycles. The molecule has 1 amide bonds. The Morgan fingerprint density at radius 1 is 0.933 bits per heavy atom. The molecule has 0 radical (unpaired) electrons. The molecule has 3 aromatic carbocycles. The Hall–Kier alpha value is -3.07. The number of benzene rings is 3. The van der Waals surface area contributed by atoms with Gasteiger partial charge in [-0.2, -0.15) is 0 Å². The number of aryl methyl sites for hydroxylation is 1. The molecule has 1 heterocycles. The van der Waals surface area contributed by atoms with Gasteiger partial charge in [0.25, 0.3) is 5.91 Å². The summed E-state index contributed by atoms with van der Waals surface area (Å²) in [5, 5.41) is 3.59. The molecule has 1 aliphatic heterocycles. The van der Waals surface area contributed by atoms with Crippen molar-refractivity contribution in [2.75, 3.05) is 10.2 Å². The fourth-order valence-corrected chi connectivity index (χ4v) is 4.02. The molecule has 1 atom stereocenters. The minimum Gasteiger partial charge on any atom is -0.360 e. The molecule has 0 bridgehead atoms. The summed E-state index contributed by atoms with van der Waals surface area (Å²) in [5.41, 5.74) is 6.21. The molecule has 0 fully saturated rings. The molecular weight excluding hydrogens is 368 g/mol. The summed E-state index contributed by atoms with van der Waals surface area (Å²) in [4.78, 5) is 15.4. The van der Waals surface area contributed by atoms with Crippen LogP contribution >= 0.6 is 0 Å². The number of carbonyl (C=O) groups is 1. The Morgan fingerprint density at radius 3 is 2.30 bits per heavy atom. The number of anilines is 2. The highest BCUT2D eigenvalue weighted by Crippen LogP contribution is 2.37. The SMILES string of the molecule is CCCCc1ccc(N2C(=O)c3ccccc3NC2c2ccc(C(C)C)cc2)cc1. The van der Waals surface area contributed by atoms with E-state index < -0.39 is 0 Å². The van der Waals surface area contributed by atoms with Gasteiger partial charge in [0.05, 0.1) is 5.56 Å². The van der Waals surface area contributed by atoms with Crippen LogP contribution in [0.1, 0.15) is 72.7 Å². The fraction of sp³-hybridized carbons (Fsp3) is 0.296. The number of amides is 1. The third-order valence-electron chi connectivity index (χ3n) is 5.88. The number of para-hydroxylation sites is 1. The van der Waals surface area contributed by atoms with E-state index in [1.54, 1.807) is 0 Å². The molecule has 3 heteroatoms. The summed E-state index contributed by atoms with van der Waals surface area (Å²) in [6, 6.07) is 24.8. The number of nitrogens with one attached hydrogen (secondary N) is 1. The van der Waals surface area contributed by atoms with E-state index in [0.717, 1.165) is 23.4 Å². The molecule has 0 spiro atoms. The highest BCUT2D eigenvalue weighted by molar-refractivity contribution is 6.12. The quantitative estimate of drug-likeness (QED) is 0.488. The van der Waals surface area contributed by atoms with Gasteiger partial charge in [0.1, 0.15) is 6.17 Å².